The number of carbonyl (C=O) groups excluding carboxylic acids is 1. The quantitative estimate of drug-likeness (QED) is 0.883. The second kappa shape index (κ2) is 6.22. The molecule has 1 heterocycles. The van der Waals surface area contributed by atoms with Gasteiger partial charge in [0.2, 0.25) is 5.91 Å². The molecule has 3 N–H and O–H groups in total. The summed E-state index contributed by atoms with van der Waals surface area (Å²) in [6, 6.07) is 5.35. The molecule has 0 aromatic heterocycles. The lowest BCUT2D eigenvalue weighted by Crippen LogP contribution is -2.46. The van der Waals surface area contributed by atoms with Crippen LogP contribution in [0.5, 0.6) is 0 Å². The zero-order valence-electron chi connectivity index (χ0n) is 10.4. The Morgan fingerprint density at radius 3 is 2.79 bits per heavy atom. The molecule has 1 aromatic rings. The van der Waals surface area contributed by atoms with Gasteiger partial charge in [-0.1, -0.05) is 17.7 Å². The third kappa shape index (κ3) is 3.11. The number of nitrogens with one attached hydrogen (secondary N) is 1. The van der Waals surface area contributed by atoms with Crippen molar-refractivity contribution in [1.29, 1.82) is 0 Å². The van der Waals surface area contributed by atoms with E-state index < -0.39 is 5.41 Å². The maximum absolute atomic E-state index is 12.5. The fourth-order valence-electron chi connectivity index (χ4n) is 2.14. The molecule has 0 atom stereocenters. The van der Waals surface area contributed by atoms with E-state index in [0.29, 0.717) is 47.8 Å². The largest absolute Gasteiger partial charge is 0.381 e. The van der Waals surface area contributed by atoms with Crippen molar-refractivity contribution in [2.24, 2.45) is 11.1 Å². The minimum atomic E-state index is -0.542. The molecule has 1 amide bonds. The summed E-state index contributed by atoms with van der Waals surface area (Å²) in [6.45, 7) is 1.46. The maximum atomic E-state index is 12.5. The Morgan fingerprint density at radius 1 is 1.47 bits per heavy atom. The molecule has 0 spiro atoms. The van der Waals surface area contributed by atoms with Gasteiger partial charge in [0, 0.05) is 19.8 Å². The molecule has 4 nitrogen and oxygen atoms in total. The van der Waals surface area contributed by atoms with Crippen LogP contribution in [0.15, 0.2) is 22.7 Å². The summed E-state index contributed by atoms with van der Waals surface area (Å²) in [5, 5.41) is 3.47. The number of amides is 1. The molecule has 0 aliphatic carbocycles. The van der Waals surface area contributed by atoms with Crippen LogP contribution in [0.4, 0.5) is 5.69 Å². The van der Waals surface area contributed by atoms with Crippen molar-refractivity contribution < 1.29 is 9.53 Å². The molecule has 19 heavy (non-hydrogen) atoms. The van der Waals surface area contributed by atoms with E-state index in [2.05, 4.69) is 21.2 Å². The van der Waals surface area contributed by atoms with Gasteiger partial charge >= 0.3 is 0 Å². The van der Waals surface area contributed by atoms with Crippen molar-refractivity contribution in [2.45, 2.75) is 12.8 Å². The predicted molar refractivity (Wildman–Crippen MR) is 79.3 cm³/mol. The van der Waals surface area contributed by atoms with E-state index in [0.717, 1.165) is 0 Å². The fraction of sp³-hybridized carbons (Fsp3) is 0.462. The number of nitrogens with two attached hydrogens (primary N) is 1. The average Bonchev–Trinajstić information content (AvgIpc) is 2.44. The van der Waals surface area contributed by atoms with Crippen molar-refractivity contribution in [3.05, 3.63) is 27.7 Å². The fourth-order valence-corrected chi connectivity index (χ4v) is 2.68. The van der Waals surface area contributed by atoms with E-state index in [-0.39, 0.29) is 5.91 Å². The van der Waals surface area contributed by atoms with Crippen LogP contribution in [0.25, 0.3) is 0 Å². The molecule has 0 bridgehead atoms. The number of benzene rings is 1. The standard InChI is InChI=1S/C13H16BrClN2O2/c14-11-9(15)2-1-3-10(11)17-12(18)13(8-16)4-6-19-7-5-13/h1-3H,4-8,16H2,(H,17,18). The molecule has 6 heteroatoms. The first kappa shape index (κ1) is 14.8. The van der Waals surface area contributed by atoms with Crippen LogP contribution in [0.2, 0.25) is 5.02 Å². The van der Waals surface area contributed by atoms with E-state index in [4.69, 9.17) is 22.1 Å². The Kier molecular flexibility index (Phi) is 4.84. The smallest absolute Gasteiger partial charge is 0.232 e. The normalized spacial score (nSPS) is 18.1. The number of halogens is 2. The van der Waals surface area contributed by atoms with Gasteiger partial charge in [-0.05, 0) is 40.9 Å². The van der Waals surface area contributed by atoms with Crippen LogP contribution in [-0.4, -0.2) is 25.7 Å². The van der Waals surface area contributed by atoms with Gasteiger partial charge in [-0.2, -0.15) is 0 Å². The first-order valence-corrected chi connectivity index (χ1v) is 7.29. The zero-order chi connectivity index (χ0) is 13.9. The second-order valence-corrected chi connectivity index (χ2v) is 5.85. The number of anilines is 1. The molecule has 1 aromatic carbocycles. The monoisotopic (exact) mass is 346 g/mol. The van der Waals surface area contributed by atoms with Gasteiger partial charge in [0.25, 0.3) is 0 Å². The number of hydrogen-bond acceptors (Lipinski definition) is 3. The number of hydrogen-bond donors (Lipinski definition) is 2. The van der Waals surface area contributed by atoms with Gasteiger partial charge in [0.05, 0.1) is 20.6 Å². The highest BCUT2D eigenvalue weighted by Crippen LogP contribution is 2.34. The molecule has 1 aliphatic heterocycles. The van der Waals surface area contributed by atoms with Crippen molar-refractivity contribution in [1.82, 2.24) is 0 Å². The molecule has 1 fully saturated rings. The molecule has 0 unspecified atom stereocenters. The Labute approximate surface area is 125 Å². The highest BCUT2D eigenvalue weighted by molar-refractivity contribution is 9.10. The SMILES string of the molecule is NCC1(C(=O)Nc2cccc(Cl)c2Br)CCOCC1. The van der Waals surface area contributed by atoms with Gasteiger partial charge in [-0.25, -0.2) is 0 Å². The molecule has 104 valence electrons. The third-order valence-electron chi connectivity index (χ3n) is 3.52. The summed E-state index contributed by atoms with van der Waals surface area (Å²) < 4.78 is 5.99. The Hall–Kier alpha value is -0.620. The lowest BCUT2D eigenvalue weighted by Gasteiger charge is -2.34. The summed E-state index contributed by atoms with van der Waals surface area (Å²) in [5.74, 6) is -0.0683. The van der Waals surface area contributed by atoms with E-state index in [1.54, 1.807) is 18.2 Å². The summed E-state index contributed by atoms with van der Waals surface area (Å²) in [4.78, 5) is 12.5. The van der Waals surface area contributed by atoms with Gasteiger partial charge in [0.1, 0.15) is 0 Å². The first-order valence-electron chi connectivity index (χ1n) is 6.12. The van der Waals surface area contributed by atoms with Gasteiger partial charge in [0.15, 0.2) is 0 Å². The molecule has 0 radical (unpaired) electrons. The summed E-state index contributed by atoms with van der Waals surface area (Å²) in [5.41, 5.74) is 5.93. The first-order chi connectivity index (χ1) is 9.09. The molecule has 1 aliphatic rings. The van der Waals surface area contributed by atoms with Crippen LogP contribution in [0.3, 0.4) is 0 Å². The molecule has 1 saturated heterocycles. The lowest BCUT2D eigenvalue weighted by atomic mass is 9.79. The van der Waals surface area contributed by atoms with E-state index in [9.17, 15) is 4.79 Å². The van der Waals surface area contributed by atoms with Gasteiger partial charge in [-0.3, -0.25) is 4.79 Å². The molecule has 0 saturated carbocycles. The summed E-state index contributed by atoms with van der Waals surface area (Å²) in [7, 11) is 0. The average molecular weight is 348 g/mol. The van der Waals surface area contributed by atoms with Crippen LogP contribution in [0, 0.1) is 5.41 Å². The predicted octanol–water partition coefficient (Wildman–Crippen LogP) is 2.80. The minimum Gasteiger partial charge on any atom is -0.381 e. The molecular weight excluding hydrogens is 332 g/mol. The van der Waals surface area contributed by atoms with Gasteiger partial charge in [-0.15, -0.1) is 0 Å². The number of ether oxygens (including phenoxy) is 1. The van der Waals surface area contributed by atoms with Crippen LogP contribution < -0.4 is 11.1 Å². The van der Waals surface area contributed by atoms with E-state index in [1.165, 1.54) is 0 Å². The Balaban J connectivity index is 2.17. The molecule has 2 rings (SSSR count). The topological polar surface area (TPSA) is 64.4 Å². The van der Waals surface area contributed by atoms with E-state index >= 15 is 0 Å². The van der Waals surface area contributed by atoms with Crippen LogP contribution in [0.1, 0.15) is 12.8 Å². The maximum Gasteiger partial charge on any atom is 0.232 e. The van der Waals surface area contributed by atoms with Crippen molar-refractivity contribution in [3.63, 3.8) is 0 Å². The zero-order valence-corrected chi connectivity index (χ0v) is 12.8. The summed E-state index contributed by atoms with van der Waals surface area (Å²) >= 11 is 9.38. The van der Waals surface area contributed by atoms with Crippen LogP contribution in [-0.2, 0) is 9.53 Å². The lowest BCUT2D eigenvalue weighted by molar-refractivity contribution is -0.130. The Morgan fingerprint density at radius 2 is 2.16 bits per heavy atom. The van der Waals surface area contributed by atoms with Crippen molar-refractivity contribution in [3.8, 4) is 0 Å². The molecular formula is C13H16BrClN2O2. The highest BCUT2D eigenvalue weighted by Gasteiger charge is 2.39. The van der Waals surface area contributed by atoms with Crippen molar-refractivity contribution in [2.75, 3.05) is 25.1 Å². The van der Waals surface area contributed by atoms with E-state index in [1.807, 2.05) is 0 Å². The third-order valence-corrected chi connectivity index (χ3v) is 4.92. The minimum absolute atomic E-state index is 0.0683. The number of rotatable bonds is 3. The summed E-state index contributed by atoms with van der Waals surface area (Å²) in [6.07, 6.45) is 1.29. The highest BCUT2D eigenvalue weighted by atomic mass is 79.9. The second-order valence-electron chi connectivity index (χ2n) is 4.65. The Bertz CT molecular complexity index is 476. The van der Waals surface area contributed by atoms with Gasteiger partial charge < -0.3 is 15.8 Å². The number of carbonyl (C=O) groups is 1. The van der Waals surface area contributed by atoms with Crippen molar-refractivity contribution >= 4 is 39.1 Å². The van der Waals surface area contributed by atoms with Crippen LogP contribution >= 0.6 is 27.5 Å².